The standard InChI is InChI=1S/C13H10N4O2S/c20-8-18-12-9(4-3-7-15-12)13-16-11(17-19-13)10-5-1-2-6-14-10/h1-7,20H,8H2. The van der Waals surface area contributed by atoms with Gasteiger partial charge < -0.3 is 9.26 Å². The summed E-state index contributed by atoms with van der Waals surface area (Å²) in [4.78, 5) is 12.6. The van der Waals surface area contributed by atoms with Gasteiger partial charge in [0, 0.05) is 12.4 Å². The van der Waals surface area contributed by atoms with Crippen LogP contribution in [0.2, 0.25) is 0 Å². The van der Waals surface area contributed by atoms with E-state index in [9.17, 15) is 0 Å². The third-order valence-electron chi connectivity index (χ3n) is 2.52. The van der Waals surface area contributed by atoms with Crippen molar-refractivity contribution in [1.82, 2.24) is 20.1 Å². The second-order valence-electron chi connectivity index (χ2n) is 3.77. The van der Waals surface area contributed by atoms with Crippen LogP contribution in [-0.4, -0.2) is 26.0 Å². The SMILES string of the molecule is SCOc1ncccc1-c1nc(-c2ccccn2)no1. The molecule has 3 rings (SSSR count). The summed E-state index contributed by atoms with van der Waals surface area (Å²) in [6.07, 6.45) is 3.29. The Morgan fingerprint density at radius 1 is 1.10 bits per heavy atom. The summed E-state index contributed by atoms with van der Waals surface area (Å²) in [5.41, 5.74) is 1.26. The highest BCUT2D eigenvalue weighted by atomic mass is 32.1. The van der Waals surface area contributed by atoms with Crippen LogP contribution in [0.25, 0.3) is 23.0 Å². The Hall–Kier alpha value is -2.41. The van der Waals surface area contributed by atoms with Crippen molar-refractivity contribution < 1.29 is 9.26 Å². The second kappa shape index (κ2) is 5.70. The lowest BCUT2D eigenvalue weighted by atomic mass is 10.2. The molecule has 3 aromatic rings. The van der Waals surface area contributed by atoms with Crippen molar-refractivity contribution in [2.45, 2.75) is 0 Å². The van der Waals surface area contributed by atoms with E-state index in [0.29, 0.717) is 28.9 Å². The Balaban J connectivity index is 1.98. The van der Waals surface area contributed by atoms with Crippen molar-refractivity contribution >= 4 is 12.6 Å². The first-order valence-electron chi connectivity index (χ1n) is 5.82. The van der Waals surface area contributed by atoms with E-state index in [1.807, 2.05) is 18.2 Å². The molecule has 0 aliphatic carbocycles. The molecule has 0 unspecified atom stereocenters. The van der Waals surface area contributed by atoms with Crippen molar-refractivity contribution in [2.75, 3.05) is 5.94 Å². The zero-order valence-electron chi connectivity index (χ0n) is 10.3. The first-order valence-corrected chi connectivity index (χ1v) is 6.46. The third-order valence-corrected chi connectivity index (χ3v) is 2.65. The minimum atomic E-state index is 0.214. The summed E-state index contributed by atoms with van der Waals surface area (Å²) in [5.74, 6) is 1.36. The Bertz CT molecular complexity index is 702. The fraction of sp³-hybridized carbons (Fsp3) is 0.0769. The summed E-state index contributed by atoms with van der Waals surface area (Å²) >= 11 is 4.02. The van der Waals surface area contributed by atoms with E-state index in [1.165, 1.54) is 0 Å². The molecule has 0 N–H and O–H groups in total. The Kier molecular flexibility index (Phi) is 3.60. The number of hydrogen-bond donors (Lipinski definition) is 1. The Labute approximate surface area is 120 Å². The molecule has 100 valence electrons. The molecule has 0 bridgehead atoms. The summed E-state index contributed by atoms with van der Waals surface area (Å²) in [7, 11) is 0. The largest absolute Gasteiger partial charge is 0.466 e. The highest BCUT2D eigenvalue weighted by molar-refractivity contribution is 7.80. The molecule has 0 saturated carbocycles. The normalized spacial score (nSPS) is 10.4. The average Bonchev–Trinajstić information content (AvgIpc) is 2.99. The minimum absolute atomic E-state index is 0.214. The van der Waals surface area contributed by atoms with Crippen molar-refractivity contribution in [3.63, 3.8) is 0 Å². The zero-order chi connectivity index (χ0) is 13.8. The summed E-state index contributed by atoms with van der Waals surface area (Å²) < 4.78 is 10.6. The van der Waals surface area contributed by atoms with Gasteiger partial charge in [0.05, 0.1) is 0 Å². The van der Waals surface area contributed by atoms with E-state index in [1.54, 1.807) is 24.5 Å². The fourth-order valence-corrected chi connectivity index (χ4v) is 1.78. The molecule has 0 aromatic carbocycles. The van der Waals surface area contributed by atoms with E-state index >= 15 is 0 Å². The van der Waals surface area contributed by atoms with Crippen molar-refractivity contribution in [1.29, 1.82) is 0 Å². The van der Waals surface area contributed by atoms with Crippen LogP contribution >= 0.6 is 12.6 Å². The number of ether oxygens (including phenoxy) is 1. The molecule has 0 aliphatic rings. The van der Waals surface area contributed by atoms with Gasteiger partial charge >= 0.3 is 0 Å². The Morgan fingerprint density at radius 3 is 2.80 bits per heavy atom. The number of pyridine rings is 2. The third kappa shape index (κ3) is 2.48. The van der Waals surface area contributed by atoms with E-state index in [0.717, 1.165) is 0 Å². The van der Waals surface area contributed by atoms with E-state index in [4.69, 9.17) is 9.26 Å². The number of nitrogens with zero attached hydrogens (tertiary/aromatic N) is 4. The van der Waals surface area contributed by atoms with Gasteiger partial charge in [-0.1, -0.05) is 11.2 Å². The molecule has 0 spiro atoms. The first kappa shape index (κ1) is 12.6. The number of aromatic nitrogens is 4. The highest BCUT2D eigenvalue weighted by Crippen LogP contribution is 2.27. The quantitative estimate of drug-likeness (QED) is 0.586. The molecule has 0 saturated heterocycles. The molecular weight excluding hydrogens is 276 g/mol. The molecule has 0 atom stereocenters. The fourth-order valence-electron chi connectivity index (χ4n) is 1.66. The molecule has 0 fully saturated rings. The van der Waals surface area contributed by atoms with E-state index in [2.05, 4.69) is 32.7 Å². The van der Waals surface area contributed by atoms with Crippen LogP contribution in [0.4, 0.5) is 0 Å². The van der Waals surface area contributed by atoms with Crippen LogP contribution in [0.15, 0.2) is 47.2 Å². The van der Waals surface area contributed by atoms with Gasteiger partial charge in [0.2, 0.25) is 11.7 Å². The summed E-state index contributed by atoms with van der Waals surface area (Å²) in [5, 5.41) is 3.91. The van der Waals surface area contributed by atoms with Gasteiger partial charge in [-0.05, 0) is 24.3 Å². The maximum absolute atomic E-state index is 5.32. The van der Waals surface area contributed by atoms with Crippen molar-refractivity contribution in [3.05, 3.63) is 42.7 Å². The predicted octanol–water partition coefficient (Wildman–Crippen LogP) is 2.46. The smallest absolute Gasteiger partial charge is 0.263 e. The van der Waals surface area contributed by atoms with Crippen LogP contribution in [0.5, 0.6) is 5.88 Å². The lowest BCUT2D eigenvalue weighted by Gasteiger charge is -2.03. The van der Waals surface area contributed by atoms with Gasteiger partial charge in [-0.25, -0.2) is 4.98 Å². The lowest BCUT2D eigenvalue weighted by molar-refractivity contribution is 0.375. The van der Waals surface area contributed by atoms with E-state index in [-0.39, 0.29) is 5.94 Å². The lowest BCUT2D eigenvalue weighted by Crippen LogP contribution is -1.95. The molecular formula is C13H10N4O2S. The molecule has 3 aromatic heterocycles. The maximum Gasteiger partial charge on any atom is 0.263 e. The topological polar surface area (TPSA) is 73.9 Å². The van der Waals surface area contributed by atoms with Gasteiger partial charge in [0.15, 0.2) is 0 Å². The number of hydrogen-bond acceptors (Lipinski definition) is 7. The monoisotopic (exact) mass is 286 g/mol. The van der Waals surface area contributed by atoms with Gasteiger partial charge in [-0.3, -0.25) is 4.98 Å². The summed E-state index contributed by atoms with van der Waals surface area (Å²) in [6, 6.07) is 9.05. The predicted molar refractivity (Wildman–Crippen MR) is 75.2 cm³/mol. The minimum Gasteiger partial charge on any atom is -0.466 e. The maximum atomic E-state index is 5.32. The summed E-state index contributed by atoms with van der Waals surface area (Å²) in [6.45, 7) is 0. The van der Waals surface area contributed by atoms with Gasteiger partial charge in [0.1, 0.15) is 17.2 Å². The average molecular weight is 286 g/mol. The van der Waals surface area contributed by atoms with Gasteiger partial charge in [-0.2, -0.15) is 4.98 Å². The highest BCUT2D eigenvalue weighted by Gasteiger charge is 2.15. The molecule has 0 aliphatic heterocycles. The number of rotatable bonds is 4. The molecule has 0 amide bonds. The molecule has 7 heteroatoms. The number of thiol groups is 1. The zero-order valence-corrected chi connectivity index (χ0v) is 11.2. The van der Waals surface area contributed by atoms with Gasteiger partial charge in [-0.15, -0.1) is 12.6 Å². The van der Waals surface area contributed by atoms with Crippen LogP contribution in [-0.2, 0) is 0 Å². The second-order valence-corrected chi connectivity index (χ2v) is 4.03. The Morgan fingerprint density at radius 2 is 2.00 bits per heavy atom. The van der Waals surface area contributed by atoms with Gasteiger partial charge in [0.25, 0.3) is 5.89 Å². The van der Waals surface area contributed by atoms with Crippen LogP contribution in [0.1, 0.15) is 0 Å². The first-order chi connectivity index (χ1) is 9.88. The van der Waals surface area contributed by atoms with E-state index < -0.39 is 0 Å². The van der Waals surface area contributed by atoms with Crippen molar-refractivity contribution in [3.8, 4) is 28.9 Å². The molecule has 6 nitrogen and oxygen atoms in total. The van der Waals surface area contributed by atoms with Crippen LogP contribution in [0, 0.1) is 0 Å². The molecule has 0 radical (unpaired) electrons. The van der Waals surface area contributed by atoms with Crippen LogP contribution < -0.4 is 4.74 Å². The van der Waals surface area contributed by atoms with Crippen molar-refractivity contribution in [2.24, 2.45) is 0 Å². The molecule has 3 heterocycles. The molecule has 20 heavy (non-hydrogen) atoms. The van der Waals surface area contributed by atoms with Crippen LogP contribution in [0.3, 0.4) is 0 Å².